The average molecular weight is 445 g/mol. The highest BCUT2D eigenvalue weighted by atomic mass is 19.1. The van der Waals surface area contributed by atoms with Gasteiger partial charge in [-0.25, -0.2) is 4.39 Å². The van der Waals surface area contributed by atoms with Gasteiger partial charge in [-0.3, -0.25) is 4.79 Å². The molecule has 3 fully saturated rings. The van der Waals surface area contributed by atoms with E-state index in [1.165, 1.54) is 32.1 Å². The Morgan fingerprint density at radius 3 is 2.50 bits per heavy atom. The van der Waals surface area contributed by atoms with Crippen molar-refractivity contribution in [2.24, 2.45) is 17.8 Å². The highest BCUT2D eigenvalue weighted by Crippen LogP contribution is 2.54. The molecule has 2 saturated heterocycles. The van der Waals surface area contributed by atoms with Gasteiger partial charge in [0, 0.05) is 18.4 Å². The van der Waals surface area contributed by atoms with Crippen LogP contribution in [0.15, 0.2) is 24.3 Å². The molecule has 4 nitrogen and oxygen atoms in total. The number of esters is 1. The Balaban J connectivity index is 1.73. The molecule has 1 aromatic carbocycles. The summed E-state index contributed by atoms with van der Waals surface area (Å²) in [6.07, 6.45) is 8.61. The molecule has 2 aliphatic heterocycles. The fourth-order valence-electron chi connectivity index (χ4n) is 7.02. The molecular weight excluding hydrogens is 403 g/mol. The van der Waals surface area contributed by atoms with Crippen molar-refractivity contribution < 1.29 is 13.9 Å². The molecule has 0 bridgehead atoms. The van der Waals surface area contributed by atoms with Gasteiger partial charge in [-0.2, -0.15) is 0 Å². The Morgan fingerprint density at radius 1 is 1.09 bits per heavy atom. The summed E-state index contributed by atoms with van der Waals surface area (Å²) in [5.74, 6) is 0.992. The van der Waals surface area contributed by atoms with Crippen LogP contribution in [-0.4, -0.2) is 62.1 Å². The van der Waals surface area contributed by atoms with Gasteiger partial charge in [0.05, 0.1) is 7.11 Å². The Bertz CT molecular complexity index is 760. The fourth-order valence-corrected chi connectivity index (χ4v) is 7.02. The van der Waals surface area contributed by atoms with Crippen LogP contribution in [0.4, 0.5) is 4.39 Å². The van der Waals surface area contributed by atoms with Crippen LogP contribution in [0.1, 0.15) is 63.9 Å². The first kappa shape index (κ1) is 23.7. The van der Waals surface area contributed by atoms with Crippen molar-refractivity contribution in [3.63, 3.8) is 0 Å². The number of ether oxygens (including phenoxy) is 1. The lowest BCUT2D eigenvalue weighted by Crippen LogP contribution is -2.57. The summed E-state index contributed by atoms with van der Waals surface area (Å²) < 4.78 is 19.7. The minimum atomic E-state index is -0.138. The van der Waals surface area contributed by atoms with Crippen LogP contribution in [0.3, 0.4) is 0 Å². The van der Waals surface area contributed by atoms with Crippen molar-refractivity contribution in [2.45, 2.75) is 63.7 Å². The number of rotatable bonds is 9. The Hall–Kier alpha value is -1.46. The monoisotopic (exact) mass is 444 g/mol. The van der Waals surface area contributed by atoms with E-state index in [2.05, 4.69) is 22.8 Å². The zero-order chi connectivity index (χ0) is 22.6. The largest absolute Gasteiger partial charge is 0.469 e. The molecule has 3 aliphatic rings. The third-order valence-corrected chi connectivity index (χ3v) is 8.63. The maximum Gasteiger partial charge on any atom is 0.305 e. The summed E-state index contributed by atoms with van der Waals surface area (Å²) in [6.45, 7) is 8.95. The molecule has 2 heterocycles. The number of carbonyl (C=O) groups is 1. The second-order valence-electron chi connectivity index (χ2n) is 10.4. The predicted molar refractivity (Wildman–Crippen MR) is 126 cm³/mol. The van der Waals surface area contributed by atoms with Crippen molar-refractivity contribution >= 4 is 5.97 Å². The lowest BCUT2D eigenvalue weighted by molar-refractivity contribution is -0.142. The maximum absolute atomic E-state index is 14.6. The first-order valence-corrected chi connectivity index (χ1v) is 12.8. The van der Waals surface area contributed by atoms with Gasteiger partial charge in [0.15, 0.2) is 0 Å². The number of methoxy groups -OCH3 is 1. The Labute approximate surface area is 193 Å². The lowest BCUT2D eigenvalue weighted by Gasteiger charge is -2.53. The van der Waals surface area contributed by atoms with Crippen LogP contribution in [0, 0.1) is 23.6 Å². The average Bonchev–Trinajstić information content (AvgIpc) is 3.22. The van der Waals surface area contributed by atoms with E-state index in [9.17, 15) is 9.18 Å². The summed E-state index contributed by atoms with van der Waals surface area (Å²) in [5.41, 5.74) is 1.07. The summed E-state index contributed by atoms with van der Waals surface area (Å²) in [7, 11) is 1.50. The van der Waals surface area contributed by atoms with Gasteiger partial charge in [0.2, 0.25) is 0 Å². The Morgan fingerprint density at radius 2 is 1.88 bits per heavy atom. The van der Waals surface area contributed by atoms with Crippen LogP contribution in [-0.2, 0) is 14.9 Å². The van der Waals surface area contributed by atoms with E-state index in [-0.39, 0.29) is 17.2 Å². The number of halogens is 1. The normalized spacial score (nSPS) is 27.1. The van der Waals surface area contributed by atoms with Gasteiger partial charge < -0.3 is 14.5 Å². The molecule has 1 saturated carbocycles. The van der Waals surface area contributed by atoms with Crippen LogP contribution < -0.4 is 0 Å². The van der Waals surface area contributed by atoms with Crippen LogP contribution >= 0.6 is 0 Å². The third kappa shape index (κ3) is 4.89. The molecule has 4 rings (SSSR count). The first-order chi connectivity index (χ1) is 15.6. The van der Waals surface area contributed by atoms with Gasteiger partial charge in [0.25, 0.3) is 0 Å². The number of carbonyl (C=O) groups excluding carboxylic acids is 1. The molecule has 5 heteroatoms. The molecule has 0 unspecified atom stereocenters. The topological polar surface area (TPSA) is 32.8 Å². The summed E-state index contributed by atoms with van der Waals surface area (Å²) in [5, 5.41) is 0. The number of hydrogen-bond acceptors (Lipinski definition) is 4. The van der Waals surface area contributed by atoms with E-state index < -0.39 is 0 Å². The molecule has 0 spiro atoms. The van der Waals surface area contributed by atoms with Crippen molar-refractivity contribution in [2.75, 3.05) is 46.4 Å². The third-order valence-electron chi connectivity index (χ3n) is 8.63. The van der Waals surface area contributed by atoms with Crippen LogP contribution in [0.25, 0.3) is 0 Å². The fraction of sp³-hybridized carbons (Fsp3) is 0.741. The minimum Gasteiger partial charge on any atom is -0.469 e. The number of hydrogen-bond donors (Lipinski definition) is 0. The van der Waals surface area contributed by atoms with E-state index >= 15 is 0 Å². The van der Waals surface area contributed by atoms with E-state index in [0.29, 0.717) is 24.2 Å². The van der Waals surface area contributed by atoms with E-state index in [4.69, 9.17) is 4.74 Å². The number of benzene rings is 1. The predicted octanol–water partition coefficient (Wildman–Crippen LogP) is 4.87. The van der Waals surface area contributed by atoms with Gasteiger partial charge in [0.1, 0.15) is 5.82 Å². The first-order valence-electron chi connectivity index (χ1n) is 12.8. The molecule has 0 amide bonds. The standard InChI is InChI=1S/C27H41FN2O2/c1-3-13-29-16-11-22(12-17-29)27(20-30-14-6-15-30,23-8-5-9-24(28)19-23)25-10-4-7-21(25)18-26(31)32-2/h5,8-9,19,21-22,25H,3-4,6-7,10-18,20H2,1-2H3/t21-,25+,27+/m1/s1. The molecular formula is C27H41FN2O2. The zero-order valence-electron chi connectivity index (χ0n) is 20.0. The number of nitrogens with zero attached hydrogens (tertiary/aromatic N) is 2. The number of likely N-dealkylation sites (tertiary alicyclic amines) is 2. The molecule has 0 N–H and O–H groups in total. The highest BCUT2D eigenvalue weighted by Gasteiger charge is 2.52. The van der Waals surface area contributed by atoms with E-state index in [1.54, 1.807) is 6.07 Å². The quantitative estimate of drug-likeness (QED) is 0.509. The second-order valence-corrected chi connectivity index (χ2v) is 10.4. The summed E-state index contributed by atoms with van der Waals surface area (Å²) >= 11 is 0. The van der Waals surface area contributed by atoms with Gasteiger partial charge >= 0.3 is 5.97 Å². The van der Waals surface area contributed by atoms with E-state index in [0.717, 1.165) is 64.8 Å². The zero-order valence-corrected chi connectivity index (χ0v) is 20.0. The molecule has 178 valence electrons. The van der Waals surface area contributed by atoms with Gasteiger partial charge in [-0.15, -0.1) is 0 Å². The van der Waals surface area contributed by atoms with Crippen molar-refractivity contribution in [3.8, 4) is 0 Å². The molecule has 1 aromatic rings. The van der Waals surface area contributed by atoms with E-state index in [1.807, 2.05) is 12.1 Å². The maximum atomic E-state index is 14.6. The van der Waals surface area contributed by atoms with Gasteiger partial charge in [-0.05, 0) is 107 Å². The summed E-state index contributed by atoms with van der Waals surface area (Å²) in [6, 6.07) is 7.45. The smallest absolute Gasteiger partial charge is 0.305 e. The van der Waals surface area contributed by atoms with Crippen molar-refractivity contribution in [3.05, 3.63) is 35.6 Å². The SMILES string of the molecule is CCCN1CCC([C@@](CN2CCC2)(c2cccc(F)c2)[C@H]2CCC[C@@H]2CC(=O)OC)CC1. The van der Waals surface area contributed by atoms with Crippen molar-refractivity contribution in [1.29, 1.82) is 0 Å². The molecule has 1 aliphatic carbocycles. The van der Waals surface area contributed by atoms with Crippen molar-refractivity contribution in [1.82, 2.24) is 9.80 Å². The number of piperidine rings is 1. The van der Waals surface area contributed by atoms with Crippen LogP contribution in [0.5, 0.6) is 0 Å². The lowest BCUT2D eigenvalue weighted by atomic mass is 9.56. The van der Waals surface area contributed by atoms with Crippen LogP contribution in [0.2, 0.25) is 0 Å². The summed E-state index contributed by atoms with van der Waals surface area (Å²) in [4.78, 5) is 17.5. The Kier molecular flexibility index (Phi) is 7.88. The molecule has 0 radical (unpaired) electrons. The highest BCUT2D eigenvalue weighted by molar-refractivity contribution is 5.69. The van der Waals surface area contributed by atoms with Gasteiger partial charge in [-0.1, -0.05) is 25.5 Å². The molecule has 32 heavy (non-hydrogen) atoms. The second kappa shape index (κ2) is 10.6. The minimum absolute atomic E-state index is 0.100. The molecule has 0 aromatic heterocycles. The molecule has 3 atom stereocenters.